The van der Waals surface area contributed by atoms with E-state index in [1.807, 2.05) is 18.6 Å². The Bertz CT molecular complexity index is 847. The van der Waals surface area contributed by atoms with Gasteiger partial charge in [0.2, 0.25) is 0 Å². The van der Waals surface area contributed by atoms with Crippen molar-refractivity contribution in [3.63, 3.8) is 0 Å². The molecule has 7 heteroatoms. The first-order valence-electron chi connectivity index (χ1n) is 8.65. The summed E-state index contributed by atoms with van der Waals surface area (Å²) < 4.78 is 0. The third kappa shape index (κ3) is 3.48. The summed E-state index contributed by atoms with van der Waals surface area (Å²) >= 11 is 1.75. The molecule has 0 aliphatic carbocycles. The fourth-order valence-corrected chi connectivity index (χ4v) is 4.23. The van der Waals surface area contributed by atoms with Gasteiger partial charge in [-0.05, 0) is 39.8 Å². The molecule has 0 bridgehead atoms. The maximum absolute atomic E-state index is 4.65. The van der Waals surface area contributed by atoms with E-state index in [0.717, 1.165) is 61.1 Å². The number of piperidine rings is 1. The van der Waals surface area contributed by atoms with E-state index in [9.17, 15) is 0 Å². The molecule has 0 amide bonds. The van der Waals surface area contributed by atoms with Crippen molar-refractivity contribution in [3.8, 4) is 11.5 Å². The number of aryl methyl sites for hydroxylation is 2. The zero-order valence-electron chi connectivity index (χ0n) is 14.6. The largest absolute Gasteiger partial charge is 0.341 e. The second kappa shape index (κ2) is 7.01. The first-order chi connectivity index (χ1) is 12.2. The number of nitrogens with zero attached hydrogens (tertiary/aromatic N) is 5. The molecular formula is C18H22N6S. The Morgan fingerprint density at radius 1 is 1.12 bits per heavy atom. The Labute approximate surface area is 151 Å². The molecule has 1 aliphatic rings. The molecule has 4 heterocycles. The third-order valence-electron chi connectivity index (χ3n) is 4.84. The molecule has 1 N–H and O–H groups in total. The van der Waals surface area contributed by atoms with Crippen LogP contribution in [0, 0.1) is 13.8 Å². The molecule has 0 saturated carbocycles. The van der Waals surface area contributed by atoms with Gasteiger partial charge in [-0.15, -0.1) is 11.3 Å². The molecule has 3 aromatic rings. The summed E-state index contributed by atoms with van der Waals surface area (Å²) in [5.41, 5.74) is 6.12. The number of hydrogen-bond donors (Lipinski definition) is 1. The zero-order chi connectivity index (χ0) is 17.2. The van der Waals surface area contributed by atoms with Gasteiger partial charge in [-0.25, -0.2) is 15.0 Å². The van der Waals surface area contributed by atoms with Gasteiger partial charge in [0.25, 0.3) is 0 Å². The quantitative estimate of drug-likeness (QED) is 0.778. The Hall–Kier alpha value is -2.12. The van der Waals surface area contributed by atoms with Gasteiger partial charge in [-0.1, -0.05) is 0 Å². The van der Waals surface area contributed by atoms with Crippen LogP contribution in [0.1, 0.15) is 40.7 Å². The number of rotatable bonds is 4. The van der Waals surface area contributed by atoms with Crippen LogP contribution in [0.25, 0.3) is 11.5 Å². The van der Waals surface area contributed by atoms with E-state index < -0.39 is 0 Å². The topological polar surface area (TPSA) is 70.6 Å². The van der Waals surface area contributed by atoms with Gasteiger partial charge in [0, 0.05) is 41.6 Å². The normalized spacial score (nSPS) is 16.4. The molecule has 0 spiro atoms. The number of aromatic nitrogens is 5. The van der Waals surface area contributed by atoms with Gasteiger partial charge in [0.1, 0.15) is 5.69 Å². The lowest BCUT2D eigenvalue weighted by Gasteiger charge is -2.31. The molecule has 25 heavy (non-hydrogen) atoms. The molecule has 0 aromatic carbocycles. The van der Waals surface area contributed by atoms with Gasteiger partial charge < -0.3 is 4.98 Å². The highest BCUT2D eigenvalue weighted by atomic mass is 32.1. The summed E-state index contributed by atoms with van der Waals surface area (Å²) in [7, 11) is 0. The third-order valence-corrected chi connectivity index (χ3v) is 5.76. The second-order valence-electron chi connectivity index (χ2n) is 6.62. The van der Waals surface area contributed by atoms with Crippen LogP contribution in [0.4, 0.5) is 0 Å². The van der Waals surface area contributed by atoms with E-state index in [0.29, 0.717) is 5.92 Å². The Morgan fingerprint density at radius 3 is 2.60 bits per heavy atom. The van der Waals surface area contributed by atoms with Gasteiger partial charge in [-0.3, -0.25) is 9.88 Å². The highest BCUT2D eigenvalue weighted by Gasteiger charge is 2.26. The molecule has 130 valence electrons. The maximum atomic E-state index is 4.65. The first-order valence-corrected chi connectivity index (χ1v) is 9.53. The SMILES string of the molecule is Cc1cnc(-c2nccnc2C2CCN(Cc3scnc3C)CC2)[nH]1. The van der Waals surface area contributed by atoms with Crippen molar-refractivity contribution in [2.45, 2.75) is 39.2 Å². The average molecular weight is 354 g/mol. The van der Waals surface area contributed by atoms with Gasteiger partial charge in [0.15, 0.2) is 5.82 Å². The van der Waals surface area contributed by atoms with Gasteiger partial charge in [-0.2, -0.15) is 0 Å². The molecule has 4 rings (SSSR count). The first kappa shape index (κ1) is 16.4. The van der Waals surface area contributed by atoms with Crippen molar-refractivity contribution < 1.29 is 0 Å². The van der Waals surface area contributed by atoms with Crippen molar-refractivity contribution in [1.82, 2.24) is 29.8 Å². The molecule has 0 unspecified atom stereocenters. The van der Waals surface area contributed by atoms with E-state index in [1.54, 1.807) is 23.7 Å². The summed E-state index contributed by atoms with van der Waals surface area (Å²) in [6.45, 7) is 7.26. The Balaban J connectivity index is 1.47. The minimum atomic E-state index is 0.438. The Morgan fingerprint density at radius 2 is 1.92 bits per heavy atom. The van der Waals surface area contributed by atoms with E-state index in [-0.39, 0.29) is 0 Å². The fraction of sp³-hybridized carbons (Fsp3) is 0.444. The number of imidazole rings is 1. The predicted octanol–water partition coefficient (Wildman–Crippen LogP) is 3.32. The fourth-order valence-electron chi connectivity index (χ4n) is 3.41. The van der Waals surface area contributed by atoms with Crippen LogP contribution < -0.4 is 0 Å². The van der Waals surface area contributed by atoms with Crippen LogP contribution >= 0.6 is 11.3 Å². The Kier molecular flexibility index (Phi) is 4.59. The molecule has 6 nitrogen and oxygen atoms in total. The van der Waals surface area contributed by atoms with Gasteiger partial charge >= 0.3 is 0 Å². The van der Waals surface area contributed by atoms with E-state index in [1.165, 1.54) is 4.88 Å². The average Bonchev–Trinajstić information content (AvgIpc) is 3.24. The van der Waals surface area contributed by atoms with Crippen molar-refractivity contribution in [2.24, 2.45) is 0 Å². The van der Waals surface area contributed by atoms with E-state index in [2.05, 4.69) is 36.7 Å². The van der Waals surface area contributed by atoms with Crippen LogP contribution in [0.2, 0.25) is 0 Å². The highest BCUT2D eigenvalue weighted by molar-refractivity contribution is 7.09. The summed E-state index contributed by atoms with van der Waals surface area (Å²) in [4.78, 5) is 25.2. The monoisotopic (exact) mass is 354 g/mol. The number of hydrogen-bond acceptors (Lipinski definition) is 6. The number of H-pyrrole nitrogens is 1. The lowest BCUT2D eigenvalue weighted by molar-refractivity contribution is 0.204. The molecular weight excluding hydrogens is 332 g/mol. The number of aromatic amines is 1. The van der Waals surface area contributed by atoms with E-state index >= 15 is 0 Å². The zero-order valence-corrected chi connectivity index (χ0v) is 15.4. The molecule has 1 saturated heterocycles. The lowest BCUT2D eigenvalue weighted by Crippen LogP contribution is -2.32. The number of thiazole rings is 1. The van der Waals surface area contributed by atoms with Crippen molar-refractivity contribution in [3.05, 3.63) is 46.1 Å². The standard InChI is InChI=1S/C18H22N6S/c1-12-9-21-18(23-12)17-16(19-5-6-20-17)14-3-7-24(8-4-14)10-15-13(2)22-11-25-15/h5-6,9,11,14H,3-4,7-8,10H2,1-2H3,(H,21,23). The predicted molar refractivity (Wildman–Crippen MR) is 98.5 cm³/mol. The molecule has 3 aromatic heterocycles. The minimum absolute atomic E-state index is 0.438. The van der Waals surface area contributed by atoms with E-state index in [4.69, 9.17) is 0 Å². The highest BCUT2D eigenvalue weighted by Crippen LogP contribution is 2.32. The summed E-state index contributed by atoms with van der Waals surface area (Å²) in [5.74, 6) is 1.26. The number of nitrogens with one attached hydrogen (secondary N) is 1. The van der Waals surface area contributed by atoms with Crippen LogP contribution in [-0.2, 0) is 6.54 Å². The second-order valence-corrected chi connectivity index (χ2v) is 7.56. The van der Waals surface area contributed by atoms with Crippen LogP contribution in [0.3, 0.4) is 0 Å². The summed E-state index contributed by atoms with van der Waals surface area (Å²) in [6.07, 6.45) is 7.58. The molecule has 1 fully saturated rings. The van der Waals surface area contributed by atoms with Crippen molar-refractivity contribution in [1.29, 1.82) is 0 Å². The van der Waals surface area contributed by atoms with Gasteiger partial charge in [0.05, 0.1) is 16.9 Å². The maximum Gasteiger partial charge on any atom is 0.158 e. The van der Waals surface area contributed by atoms with Crippen LogP contribution in [-0.4, -0.2) is 42.9 Å². The number of likely N-dealkylation sites (tertiary alicyclic amines) is 1. The lowest BCUT2D eigenvalue weighted by atomic mass is 9.91. The van der Waals surface area contributed by atoms with Crippen molar-refractivity contribution in [2.75, 3.05) is 13.1 Å². The molecule has 1 aliphatic heterocycles. The minimum Gasteiger partial charge on any atom is -0.341 e. The summed E-state index contributed by atoms with van der Waals surface area (Å²) in [6, 6.07) is 0. The summed E-state index contributed by atoms with van der Waals surface area (Å²) in [5, 5.41) is 0. The van der Waals surface area contributed by atoms with Crippen molar-refractivity contribution >= 4 is 11.3 Å². The molecule has 0 atom stereocenters. The molecule has 0 radical (unpaired) electrons. The van der Waals surface area contributed by atoms with Crippen LogP contribution in [0.5, 0.6) is 0 Å². The smallest absolute Gasteiger partial charge is 0.158 e. The van der Waals surface area contributed by atoms with Crippen LogP contribution in [0.15, 0.2) is 24.1 Å².